The summed E-state index contributed by atoms with van der Waals surface area (Å²) in [6, 6.07) is 25.8. The van der Waals surface area contributed by atoms with Crippen LogP contribution in [0.2, 0.25) is 0 Å². The summed E-state index contributed by atoms with van der Waals surface area (Å²) in [5, 5.41) is 19.1. The number of alkyl halides is 6. The van der Waals surface area contributed by atoms with Gasteiger partial charge in [-0.05, 0) is 0 Å². The van der Waals surface area contributed by atoms with Gasteiger partial charge in [0, 0.05) is 0 Å². The topological polar surface area (TPSA) is 146 Å². The Balaban J connectivity index is 0.000000804. The number of carbonyl (C=O) groups is 3. The number of benzene rings is 3. The summed E-state index contributed by atoms with van der Waals surface area (Å²) in [5.74, 6) is -5.36. The molecule has 0 atom stereocenters. The molecule has 0 radical (unpaired) electrons. The summed E-state index contributed by atoms with van der Waals surface area (Å²) in [5.41, 5.74) is 4.89. The number of carboxylic acids is 1. The van der Waals surface area contributed by atoms with E-state index in [0.29, 0.717) is 35.3 Å². The van der Waals surface area contributed by atoms with E-state index in [2.05, 4.69) is 5.32 Å². The summed E-state index contributed by atoms with van der Waals surface area (Å²) < 4.78 is 79.5. The molecule has 1 amide bonds. The number of carboxylic acid groups (broad SMARTS) is 1. The van der Waals surface area contributed by atoms with Gasteiger partial charge < -0.3 is 5.11 Å². The second kappa shape index (κ2) is 14.6. The van der Waals surface area contributed by atoms with Crippen LogP contribution in [0.5, 0.6) is 0 Å². The molecule has 9 nitrogen and oxygen atoms in total. The van der Waals surface area contributed by atoms with Gasteiger partial charge in [0.25, 0.3) is 0 Å². The molecular weight excluding hydrogens is 665 g/mol. The van der Waals surface area contributed by atoms with Crippen molar-refractivity contribution in [1.29, 1.82) is 5.41 Å². The average Bonchev–Trinajstić information content (AvgIpc) is 3.83. The molecule has 3 aromatic carbocycles. The third kappa shape index (κ3) is 8.25. The monoisotopic (exact) mass is 700 g/mol. The van der Waals surface area contributed by atoms with Crippen LogP contribution >= 0.6 is 6.83 Å². The predicted molar refractivity (Wildman–Crippen MR) is 170 cm³/mol. The Hall–Kier alpha value is -4.65. The van der Waals surface area contributed by atoms with Gasteiger partial charge in [-0.2, -0.15) is 13.2 Å². The van der Waals surface area contributed by atoms with E-state index in [1.54, 1.807) is 98.0 Å². The molecule has 0 aromatic heterocycles. The van der Waals surface area contributed by atoms with Crippen molar-refractivity contribution in [3.8, 4) is 0 Å². The van der Waals surface area contributed by atoms with Gasteiger partial charge in [0.1, 0.15) is 0 Å². The number of carbonyl (C=O) groups excluding carboxylic acids is 2. The maximum Gasteiger partial charge on any atom is 0.490 e. The first kappa shape index (κ1) is 37.8. The number of rotatable bonds is 11. The molecule has 0 heterocycles. The van der Waals surface area contributed by atoms with Gasteiger partial charge in [-0.15, -0.1) is 0 Å². The Morgan fingerprint density at radius 1 is 0.854 bits per heavy atom. The number of hydrogen-bond donors (Lipinski definition) is 4. The first-order chi connectivity index (χ1) is 22.4. The molecule has 3 aromatic rings. The molecule has 1 aliphatic carbocycles. The van der Waals surface area contributed by atoms with Crippen molar-refractivity contribution in [2.75, 3.05) is 26.3 Å². The van der Waals surface area contributed by atoms with Gasteiger partial charge in [0.05, 0.1) is 0 Å². The van der Waals surface area contributed by atoms with Crippen LogP contribution in [-0.4, -0.2) is 72.5 Å². The quantitative estimate of drug-likeness (QED) is 0.0769. The van der Waals surface area contributed by atoms with Crippen molar-refractivity contribution in [2.45, 2.75) is 31.6 Å². The van der Waals surface area contributed by atoms with E-state index >= 15 is 0 Å². The Morgan fingerprint density at radius 3 is 1.56 bits per heavy atom. The smallest absolute Gasteiger partial charge is 0.475 e. The zero-order valence-corrected chi connectivity index (χ0v) is 26.6. The molecule has 1 fully saturated rings. The molecule has 0 saturated heterocycles. The van der Waals surface area contributed by atoms with Gasteiger partial charge in [0.2, 0.25) is 0 Å². The van der Waals surface area contributed by atoms with Gasteiger partial charge in [0.15, 0.2) is 0 Å². The zero-order valence-electron chi connectivity index (χ0n) is 25.7. The van der Waals surface area contributed by atoms with E-state index in [-0.39, 0.29) is 31.0 Å². The summed E-state index contributed by atoms with van der Waals surface area (Å²) in [6.45, 7) is -4.14. The van der Waals surface area contributed by atoms with Crippen molar-refractivity contribution >= 4 is 46.5 Å². The van der Waals surface area contributed by atoms with E-state index in [9.17, 15) is 35.9 Å². The molecule has 260 valence electrons. The van der Waals surface area contributed by atoms with Crippen LogP contribution in [0.3, 0.4) is 0 Å². The van der Waals surface area contributed by atoms with Crippen LogP contribution in [-0.2, 0) is 18.9 Å². The first-order valence-corrected chi connectivity index (χ1v) is 16.9. The number of aliphatic carboxylic acids is 1. The van der Waals surface area contributed by atoms with Gasteiger partial charge in [-0.3, -0.25) is 0 Å². The van der Waals surface area contributed by atoms with Gasteiger partial charge in [-0.1, -0.05) is 0 Å². The van der Waals surface area contributed by atoms with E-state index in [1.165, 1.54) is 4.90 Å². The molecule has 0 bridgehead atoms. The average molecular weight is 701 g/mol. The molecule has 0 aliphatic heterocycles. The van der Waals surface area contributed by atoms with Crippen LogP contribution < -0.4 is 27.0 Å². The second-order valence-corrected chi connectivity index (χ2v) is 15.9. The Kier molecular flexibility index (Phi) is 11.5. The number of nitrogens with two attached hydrogens (primary N) is 1. The van der Waals surface area contributed by atoms with Crippen LogP contribution in [0.1, 0.15) is 19.3 Å². The molecule has 1 aliphatic rings. The minimum absolute atomic E-state index is 0.0338. The zero-order chi connectivity index (χ0) is 35.8. The molecule has 48 heavy (non-hydrogen) atoms. The molecule has 0 spiro atoms. The van der Waals surface area contributed by atoms with Crippen molar-refractivity contribution in [3.05, 3.63) is 91.0 Å². The minimum Gasteiger partial charge on any atom is -0.475 e. The molecule has 0 unspecified atom stereocenters. The SMILES string of the molecule is CN(CC1(C(=O)NCCCP(OC(=O)C(F)(F)F)(c2ccccc2)(c2ccccc2)c2ccccc2)CC1)C(=N)N.O=C(O)C(F)(F)F. The van der Waals surface area contributed by atoms with Gasteiger partial charge in [-0.25, -0.2) is 4.79 Å². The Labute approximate surface area is 272 Å². The Bertz CT molecular complexity index is 1490. The van der Waals surface area contributed by atoms with Crippen LogP contribution in [0, 0.1) is 10.8 Å². The maximum atomic E-state index is 14.0. The first-order valence-electron chi connectivity index (χ1n) is 14.5. The van der Waals surface area contributed by atoms with E-state index < -0.39 is 36.5 Å². The van der Waals surface area contributed by atoms with Crippen LogP contribution in [0.4, 0.5) is 26.3 Å². The number of halogens is 6. The maximum absolute atomic E-state index is 14.0. The van der Waals surface area contributed by atoms with Crippen LogP contribution in [0.15, 0.2) is 91.0 Å². The number of amides is 1. The summed E-state index contributed by atoms with van der Waals surface area (Å²) in [7, 11) is 1.65. The Morgan fingerprint density at radius 2 is 1.25 bits per heavy atom. The van der Waals surface area contributed by atoms with Gasteiger partial charge >= 0.3 is 250 Å². The van der Waals surface area contributed by atoms with Crippen molar-refractivity contribution < 1.29 is 50.4 Å². The minimum atomic E-state index is -5.23. The number of nitrogens with zero attached hydrogens (tertiary/aromatic N) is 1. The number of nitrogens with one attached hydrogen (secondary N) is 2. The van der Waals surface area contributed by atoms with Crippen molar-refractivity contribution in [3.63, 3.8) is 0 Å². The number of guanidine groups is 1. The largest absolute Gasteiger partial charge is 0.490 e. The van der Waals surface area contributed by atoms with E-state index in [4.69, 9.17) is 25.6 Å². The fourth-order valence-corrected chi connectivity index (χ4v) is 11.1. The van der Waals surface area contributed by atoms with E-state index in [0.717, 1.165) is 0 Å². The normalized spacial score (nSPS) is 14.6. The second-order valence-electron chi connectivity index (χ2n) is 11.3. The standard InChI is InChI=1S/C30H34F3N4O3P.C2HF3O2/c1-37(28(34)35)22-29(18-19-29)26(38)36-20-11-21-41(23-12-5-2-6-13-23,24-14-7-3-8-15-24,25-16-9-4-10-17-25)40-27(39)30(31,32)33;3-2(4,5)1(6)7/h2-10,12-17H,11,18-22H2,1H3,(H3,34,35)(H,36,38);(H,6,7). The number of hydrogen-bond acceptors (Lipinski definition) is 5. The fraction of sp³-hybridized carbons (Fsp3) is 0.312. The summed E-state index contributed by atoms with van der Waals surface area (Å²) in [4.78, 5) is 36.4. The summed E-state index contributed by atoms with van der Waals surface area (Å²) in [6.07, 6.45) is -8.75. The molecule has 16 heteroatoms. The predicted octanol–water partition coefficient (Wildman–Crippen LogP) is 4.28. The third-order valence-electron chi connectivity index (χ3n) is 8.00. The van der Waals surface area contributed by atoms with Crippen molar-refractivity contribution in [1.82, 2.24) is 10.2 Å². The molecular formula is C32H35F6N4O5P. The van der Waals surface area contributed by atoms with E-state index in [1.807, 2.05) is 0 Å². The van der Waals surface area contributed by atoms with Crippen molar-refractivity contribution in [2.24, 2.45) is 11.1 Å². The molecule has 5 N–H and O–H groups in total. The van der Waals surface area contributed by atoms with Crippen LogP contribution in [0.25, 0.3) is 0 Å². The molecule has 4 rings (SSSR count). The summed E-state index contributed by atoms with van der Waals surface area (Å²) >= 11 is 0. The fourth-order valence-electron chi connectivity index (χ4n) is 5.42. The molecule has 1 saturated carbocycles. The third-order valence-corrected chi connectivity index (χ3v) is 13.9.